The molecule has 1 unspecified atom stereocenters. The number of rotatable bonds is 11. The number of aromatic nitrogens is 3. The van der Waals surface area contributed by atoms with E-state index in [0.717, 1.165) is 27.8 Å². The van der Waals surface area contributed by atoms with Crippen molar-refractivity contribution in [3.05, 3.63) is 138 Å². The number of urea groups is 1. The van der Waals surface area contributed by atoms with E-state index < -0.39 is 24.1 Å². The summed E-state index contributed by atoms with van der Waals surface area (Å²) >= 11 is 1.49. The SMILES string of the molecule is O=C(NC(Cc1cccc(CSc2n[nH]c(-c3ccccc3)n2)c1)C(=O)O)NC(c1ccccc1)c1ccccc1. The fraction of sp³-hybridized carbons (Fsp3) is 0.125. The molecule has 0 saturated heterocycles. The molecule has 4 aromatic carbocycles. The molecule has 4 N–H and O–H groups in total. The molecule has 0 radical (unpaired) electrons. The number of nitrogens with one attached hydrogen (secondary N) is 3. The van der Waals surface area contributed by atoms with E-state index in [9.17, 15) is 14.7 Å². The summed E-state index contributed by atoms with van der Waals surface area (Å²) in [5, 5.41) is 23.4. The van der Waals surface area contributed by atoms with Crippen molar-refractivity contribution in [2.75, 3.05) is 0 Å². The number of nitrogens with zero attached hydrogens (tertiary/aromatic N) is 2. The van der Waals surface area contributed by atoms with Gasteiger partial charge in [-0.2, -0.15) is 0 Å². The summed E-state index contributed by atoms with van der Waals surface area (Å²) in [5.74, 6) is 0.212. The zero-order valence-corrected chi connectivity index (χ0v) is 22.9. The Morgan fingerprint density at radius 3 is 2.02 bits per heavy atom. The summed E-state index contributed by atoms with van der Waals surface area (Å²) in [6.07, 6.45) is 0.140. The minimum Gasteiger partial charge on any atom is -0.480 e. The van der Waals surface area contributed by atoms with Crippen LogP contribution in [0.15, 0.2) is 120 Å². The van der Waals surface area contributed by atoms with Gasteiger partial charge in [-0.3, -0.25) is 5.10 Å². The van der Waals surface area contributed by atoms with Crippen molar-refractivity contribution in [2.24, 2.45) is 0 Å². The van der Waals surface area contributed by atoms with Gasteiger partial charge in [0.05, 0.1) is 6.04 Å². The maximum Gasteiger partial charge on any atom is 0.326 e. The standard InChI is InChI=1S/C32H29N5O3S/c38-30(39)27(33-31(40)34-28(24-13-4-1-5-14-24)25-15-6-2-7-16-25)20-22-11-10-12-23(19-22)21-41-32-35-29(36-37-32)26-17-8-3-9-18-26/h1-19,27-28H,20-21H2,(H,38,39)(H2,33,34,40)(H,35,36,37). The molecule has 5 rings (SSSR count). The number of aliphatic carboxylic acids is 1. The Morgan fingerprint density at radius 2 is 1.39 bits per heavy atom. The Morgan fingerprint density at radius 1 is 0.780 bits per heavy atom. The van der Waals surface area contributed by atoms with Gasteiger partial charge in [0.1, 0.15) is 6.04 Å². The van der Waals surface area contributed by atoms with Gasteiger partial charge >= 0.3 is 12.0 Å². The number of benzene rings is 4. The summed E-state index contributed by atoms with van der Waals surface area (Å²) in [6.45, 7) is 0. The zero-order chi connectivity index (χ0) is 28.4. The number of carboxylic acid groups (broad SMARTS) is 1. The van der Waals surface area contributed by atoms with Gasteiger partial charge in [-0.05, 0) is 22.3 Å². The zero-order valence-electron chi connectivity index (χ0n) is 22.1. The molecular formula is C32H29N5O3S. The van der Waals surface area contributed by atoms with Crippen LogP contribution in [-0.2, 0) is 17.0 Å². The molecule has 0 aliphatic heterocycles. The van der Waals surface area contributed by atoms with Crippen LogP contribution in [0.5, 0.6) is 0 Å². The minimum atomic E-state index is -1.11. The van der Waals surface area contributed by atoms with E-state index in [1.807, 2.05) is 115 Å². The van der Waals surface area contributed by atoms with Gasteiger partial charge in [-0.1, -0.05) is 127 Å². The summed E-state index contributed by atoms with van der Waals surface area (Å²) in [5.41, 5.74) is 4.56. The first kappa shape index (κ1) is 27.7. The first-order valence-electron chi connectivity index (χ1n) is 13.1. The molecule has 41 heavy (non-hydrogen) atoms. The van der Waals surface area contributed by atoms with Crippen molar-refractivity contribution in [1.29, 1.82) is 0 Å². The minimum absolute atomic E-state index is 0.140. The van der Waals surface area contributed by atoms with Crippen LogP contribution in [0.1, 0.15) is 28.3 Å². The van der Waals surface area contributed by atoms with Crippen LogP contribution >= 0.6 is 11.8 Å². The second-order valence-corrected chi connectivity index (χ2v) is 10.4. The van der Waals surface area contributed by atoms with Crippen LogP contribution in [-0.4, -0.2) is 38.3 Å². The van der Waals surface area contributed by atoms with Crippen LogP contribution in [0.4, 0.5) is 4.79 Å². The van der Waals surface area contributed by atoms with E-state index in [0.29, 0.717) is 16.7 Å². The lowest BCUT2D eigenvalue weighted by Crippen LogP contribution is -2.48. The molecule has 5 aromatic rings. The van der Waals surface area contributed by atoms with Crippen LogP contribution < -0.4 is 10.6 Å². The predicted octanol–water partition coefficient (Wildman–Crippen LogP) is 5.85. The smallest absolute Gasteiger partial charge is 0.326 e. The molecular weight excluding hydrogens is 534 g/mol. The van der Waals surface area contributed by atoms with Gasteiger partial charge in [-0.15, -0.1) is 5.10 Å². The third-order valence-corrected chi connectivity index (χ3v) is 7.37. The van der Waals surface area contributed by atoms with Crippen molar-refractivity contribution >= 4 is 23.8 Å². The highest BCUT2D eigenvalue weighted by Gasteiger charge is 2.23. The average Bonchev–Trinajstić information content (AvgIpc) is 3.49. The fourth-order valence-corrected chi connectivity index (χ4v) is 5.19. The lowest BCUT2D eigenvalue weighted by molar-refractivity contribution is -0.139. The second-order valence-electron chi connectivity index (χ2n) is 9.41. The monoisotopic (exact) mass is 563 g/mol. The van der Waals surface area contributed by atoms with Gasteiger partial charge in [0.2, 0.25) is 5.16 Å². The molecule has 0 aliphatic rings. The Kier molecular flexibility index (Phi) is 9.08. The second kappa shape index (κ2) is 13.5. The average molecular weight is 564 g/mol. The molecule has 1 atom stereocenters. The number of carbonyl (C=O) groups is 2. The molecule has 2 amide bonds. The Labute approximate surface area is 242 Å². The summed E-state index contributed by atoms with van der Waals surface area (Å²) in [4.78, 5) is 29.7. The maximum absolute atomic E-state index is 13.0. The highest BCUT2D eigenvalue weighted by atomic mass is 32.2. The number of amides is 2. The van der Waals surface area contributed by atoms with Gasteiger partial charge in [0.15, 0.2) is 5.82 Å². The lowest BCUT2D eigenvalue weighted by Gasteiger charge is -2.22. The maximum atomic E-state index is 13.0. The van der Waals surface area contributed by atoms with Gasteiger partial charge < -0.3 is 15.7 Å². The van der Waals surface area contributed by atoms with E-state index in [2.05, 4.69) is 25.8 Å². The number of hydrogen-bond donors (Lipinski definition) is 4. The predicted molar refractivity (Wildman–Crippen MR) is 159 cm³/mol. The molecule has 0 spiro atoms. The van der Waals surface area contributed by atoms with E-state index in [1.54, 1.807) is 0 Å². The number of carbonyl (C=O) groups excluding carboxylic acids is 1. The summed E-state index contributed by atoms with van der Waals surface area (Å²) in [7, 11) is 0. The summed E-state index contributed by atoms with van der Waals surface area (Å²) < 4.78 is 0. The Balaban J connectivity index is 1.21. The quantitative estimate of drug-likeness (QED) is 0.150. The van der Waals surface area contributed by atoms with Crippen molar-refractivity contribution in [3.63, 3.8) is 0 Å². The molecule has 9 heteroatoms. The van der Waals surface area contributed by atoms with Crippen LogP contribution in [0.3, 0.4) is 0 Å². The van der Waals surface area contributed by atoms with Crippen molar-refractivity contribution in [3.8, 4) is 11.4 Å². The van der Waals surface area contributed by atoms with Crippen molar-refractivity contribution in [2.45, 2.75) is 29.4 Å². The highest BCUT2D eigenvalue weighted by Crippen LogP contribution is 2.24. The first-order chi connectivity index (χ1) is 20.0. The third-order valence-electron chi connectivity index (χ3n) is 6.46. The first-order valence-corrected chi connectivity index (χ1v) is 14.1. The van der Waals surface area contributed by atoms with E-state index in [4.69, 9.17) is 0 Å². The van der Waals surface area contributed by atoms with Gasteiger partial charge in [0, 0.05) is 17.7 Å². The topological polar surface area (TPSA) is 120 Å². The Hall–Kier alpha value is -4.89. The summed E-state index contributed by atoms with van der Waals surface area (Å²) in [6, 6.07) is 34.5. The molecule has 0 fully saturated rings. The van der Waals surface area contributed by atoms with Gasteiger partial charge in [0.25, 0.3) is 0 Å². The van der Waals surface area contributed by atoms with E-state index in [1.165, 1.54) is 11.8 Å². The van der Waals surface area contributed by atoms with E-state index in [-0.39, 0.29) is 6.42 Å². The molecule has 0 saturated carbocycles. The third kappa shape index (κ3) is 7.61. The fourth-order valence-electron chi connectivity index (χ4n) is 4.45. The van der Waals surface area contributed by atoms with Crippen molar-refractivity contribution < 1.29 is 14.7 Å². The van der Waals surface area contributed by atoms with E-state index >= 15 is 0 Å². The number of aromatic amines is 1. The van der Waals surface area contributed by atoms with Crippen molar-refractivity contribution in [1.82, 2.24) is 25.8 Å². The number of thioether (sulfide) groups is 1. The van der Waals surface area contributed by atoms with Crippen LogP contribution in [0.25, 0.3) is 11.4 Å². The molecule has 0 aliphatic carbocycles. The number of H-pyrrole nitrogens is 1. The largest absolute Gasteiger partial charge is 0.480 e. The van der Waals surface area contributed by atoms with Crippen LogP contribution in [0.2, 0.25) is 0 Å². The molecule has 8 nitrogen and oxygen atoms in total. The lowest BCUT2D eigenvalue weighted by atomic mass is 9.99. The molecule has 1 heterocycles. The van der Waals surface area contributed by atoms with Crippen LogP contribution in [0, 0.1) is 0 Å². The normalized spacial score (nSPS) is 11.6. The number of hydrogen-bond acceptors (Lipinski definition) is 5. The molecule has 0 bridgehead atoms. The Bertz CT molecular complexity index is 1540. The molecule has 206 valence electrons. The number of carboxylic acids is 1. The highest BCUT2D eigenvalue weighted by molar-refractivity contribution is 7.98. The molecule has 1 aromatic heterocycles. The van der Waals surface area contributed by atoms with Gasteiger partial charge in [-0.25, -0.2) is 14.6 Å².